The number of hydrogen-bond donors (Lipinski definition) is 1. The van der Waals surface area contributed by atoms with Gasteiger partial charge in [-0.3, -0.25) is 4.90 Å². The van der Waals surface area contributed by atoms with E-state index in [1.165, 1.54) is 18.9 Å². The van der Waals surface area contributed by atoms with Gasteiger partial charge in [0, 0.05) is 24.0 Å². The summed E-state index contributed by atoms with van der Waals surface area (Å²) in [5.74, 6) is 0.649. The molecule has 8 heteroatoms. The number of piperidine rings is 1. The van der Waals surface area contributed by atoms with Crippen molar-refractivity contribution in [3.05, 3.63) is 65.2 Å². The van der Waals surface area contributed by atoms with Gasteiger partial charge in [0.15, 0.2) is 0 Å². The van der Waals surface area contributed by atoms with Crippen molar-refractivity contribution in [1.29, 1.82) is 0 Å². The third-order valence-corrected chi connectivity index (χ3v) is 9.06. The van der Waals surface area contributed by atoms with E-state index in [2.05, 4.69) is 35.6 Å². The Morgan fingerprint density at radius 1 is 1.12 bits per heavy atom. The monoisotopic (exact) mass is 494 g/mol. The van der Waals surface area contributed by atoms with Crippen LogP contribution in [0.3, 0.4) is 0 Å². The van der Waals surface area contributed by atoms with Crippen LogP contribution in [-0.4, -0.2) is 38.5 Å². The maximum absolute atomic E-state index is 13.4. The van der Waals surface area contributed by atoms with E-state index >= 15 is 0 Å². The molecule has 0 spiro atoms. The topological polar surface area (TPSA) is 49.4 Å². The third-order valence-electron chi connectivity index (χ3n) is 7.62. The van der Waals surface area contributed by atoms with Crippen molar-refractivity contribution in [2.24, 2.45) is 5.92 Å². The van der Waals surface area contributed by atoms with Crippen molar-refractivity contribution in [2.45, 2.75) is 75.0 Å². The van der Waals surface area contributed by atoms with E-state index in [-0.39, 0.29) is 10.9 Å². The van der Waals surface area contributed by atoms with Gasteiger partial charge in [-0.05, 0) is 74.4 Å². The summed E-state index contributed by atoms with van der Waals surface area (Å²) < 4.78 is 69.5. The third kappa shape index (κ3) is 5.04. The molecule has 1 saturated heterocycles. The minimum atomic E-state index is -4.61. The first-order valence-electron chi connectivity index (χ1n) is 12.0. The lowest BCUT2D eigenvalue weighted by atomic mass is 9.67. The van der Waals surface area contributed by atoms with Crippen LogP contribution in [0.25, 0.3) is 0 Å². The fourth-order valence-electron chi connectivity index (χ4n) is 5.36. The van der Waals surface area contributed by atoms with Crippen molar-refractivity contribution in [3.63, 3.8) is 0 Å². The van der Waals surface area contributed by atoms with Crippen LogP contribution in [0.15, 0.2) is 53.4 Å². The van der Waals surface area contributed by atoms with Crippen LogP contribution in [0.5, 0.6) is 0 Å². The van der Waals surface area contributed by atoms with E-state index < -0.39 is 33.2 Å². The average Bonchev–Trinajstić information content (AvgIpc) is 3.62. The highest BCUT2D eigenvalue weighted by Crippen LogP contribution is 2.42. The van der Waals surface area contributed by atoms with Gasteiger partial charge in [-0.1, -0.05) is 44.2 Å². The highest BCUT2D eigenvalue weighted by molar-refractivity contribution is 7.89. The molecule has 186 valence electrons. The zero-order valence-electron chi connectivity index (χ0n) is 19.9. The summed E-state index contributed by atoms with van der Waals surface area (Å²) in [5.41, 5.74) is 0.797. The summed E-state index contributed by atoms with van der Waals surface area (Å²) in [7, 11) is -4.19. The molecule has 1 N–H and O–H groups in total. The van der Waals surface area contributed by atoms with Crippen molar-refractivity contribution in [1.82, 2.24) is 9.62 Å². The number of aryl methyl sites for hydroxylation is 1. The number of sulfonamides is 1. The van der Waals surface area contributed by atoms with E-state index in [9.17, 15) is 21.6 Å². The van der Waals surface area contributed by atoms with Gasteiger partial charge in [0.25, 0.3) is 0 Å². The van der Waals surface area contributed by atoms with Gasteiger partial charge in [0.2, 0.25) is 10.0 Å². The fraction of sp³-hybridized carbons (Fsp3) is 0.538. The normalized spacial score (nSPS) is 26.5. The Morgan fingerprint density at radius 2 is 1.82 bits per heavy atom. The molecule has 2 unspecified atom stereocenters. The summed E-state index contributed by atoms with van der Waals surface area (Å²) in [6, 6.07) is 11.5. The predicted molar refractivity (Wildman–Crippen MR) is 127 cm³/mol. The highest BCUT2D eigenvalue weighted by atomic mass is 32.2. The molecule has 0 aromatic heterocycles. The van der Waals surface area contributed by atoms with Crippen LogP contribution >= 0.6 is 0 Å². The van der Waals surface area contributed by atoms with E-state index in [1.54, 1.807) is 0 Å². The second-order valence-corrected chi connectivity index (χ2v) is 11.7. The summed E-state index contributed by atoms with van der Waals surface area (Å²) in [4.78, 5) is 1.98. The first-order chi connectivity index (χ1) is 16.0. The van der Waals surface area contributed by atoms with E-state index in [0.717, 1.165) is 55.3 Å². The Labute approximate surface area is 200 Å². The van der Waals surface area contributed by atoms with Crippen LogP contribution < -0.4 is 4.72 Å². The summed E-state index contributed by atoms with van der Waals surface area (Å²) in [5, 5.41) is 0. The molecule has 2 aromatic rings. The molecule has 2 aromatic carbocycles. The van der Waals surface area contributed by atoms with Gasteiger partial charge in [-0.15, -0.1) is 0 Å². The molecule has 34 heavy (non-hydrogen) atoms. The molecule has 0 amide bonds. The summed E-state index contributed by atoms with van der Waals surface area (Å²) in [6.45, 7) is 7.98. The first-order valence-corrected chi connectivity index (χ1v) is 13.5. The maximum atomic E-state index is 13.4. The molecule has 4 rings (SSSR count). The smallest absolute Gasteiger partial charge is 0.299 e. The largest absolute Gasteiger partial charge is 0.416 e. The van der Waals surface area contributed by atoms with Gasteiger partial charge >= 0.3 is 6.18 Å². The van der Waals surface area contributed by atoms with Gasteiger partial charge in [0.05, 0.1) is 10.5 Å². The van der Waals surface area contributed by atoms with Gasteiger partial charge in [-0.25, -0.2) is 13.1 Å². The van der Waals surface area contributed by atoms with Crippen LogP contribution in [0, 0.1) is 5.92 Å². The molecule has 2 aliphatic rings. The van der Waals surface area contributed by atoms with E-state index in [4.69, 9.17) is 0 Å². The minimum Gasteiger partial charge on any atom is -0.299 e. The lowest BCUT2D eigenvalue weighted by Gasteiger charge is -2.51. The Balaban J connectivity index is 1.73. The number of nitrogens with zero attached hydrogens (tertiary/aromatic N) is 1. The average molecular weight is 495 g/mol. The van der Waals surface area contributed by atoms with E-state index in [0.29, 0.717) is 5.92 Å². The minimum absolute atomic E-state index is 0.107. The van der Waals surface area contributed by atoms with Crippen LogP contribution in [0.2, 0.25) is 0 Å². The highest BCUT2D eigenvalue weighted by Gasteiger charge is 2.48. The van der Waals surface area contributed by atoms with Crippen LogP contribution in [-0.2, 0) is 28.0 Å². The van der Waals surface area contributed by atoms with Gasteiger partial charge in [0.1, 0.15) is 0 Å². The van der Waals surface area contributed by atoms with Crippen LogP contribution in [0.1, 0.15) is 56.7 Å². The second kappa shape index (κ2) is 9.28. The van der Waals surface area contributed by atoms with E-state index in [1.807, 2.05) is 19.1 Å². The number of nitrogens with one attached hydrogen (secondary N) is 1. The predicted octanol–water partition coefficient (Wildman–Crippen LogP) is 5.38. The fourth-order valence-corrected chi connectivity index (χ4v) is 6.83. The zero-order valence-corrected chi connectivity index (χ0v) is 20.7. The number of halogens is 3. The summed E-state index contributed by atoms with van der Waals surface area (Å²) in [6.07, 6.45) is -0.644. The first kappa shape index (κ1) is 25.2. The zero-order chi connectivity index (χ0) is 24.7. The standard InChI is InChI=1S/C26H33F3N2O2S/c1-4-20-8-5-6-11-23(20)25(3)14-15-31(17-19-12-13-19)18(2)24(25)30-34(32,33)22-10-7-9-21(16-22)26(27,28)29/h5-11,16,18-19,24,30H,4,12-15,17H2,1-3H3/t18?,24-,25?/m1/s1. The van der Waals surface area contributed by atoms with Gasteiger partial charge in [-0.2, -0.15) is 13.2 Å². The molecule has 2 fully saturated rings. The number of likely N-dealkylation sites (tertiary alicyclic amines) is 1. The molecule has 0 radical (unpaired) electrons. The molecule has 0 bridgehead atoms. The number of rotatable bonds is 7. The molecule has 4 nitrogen and oxygen atoms in total. The number of alkyl halides is 3. The van der Waals surface area contributed by atoms with Crippen molar-refractivity contribution in [3.8, 4) is 0 Å². The second-order valence-electron chi connectivity index (χ2n) is 9.98. The number of hydrogen-bond acceptors (Lipinski definition) is 3. The van der Waals surface area contributed by atoms with Crippen molar-refractivity contribution >= 4 is 10.0 Å². The Morgan fingerprint density at radius 3 is 2.47 bits per heavy atom. The lowest BCUT2D eigenvalue weighted by molar-refractivity contribution is -0.137. The lowest BCUT2D eigenvalue weighted by Crippen LogP contribution is -2.64. The molecule has 1 aliphatic heterocycles. The molecular weight excluding hydrogens is 461 g/mol. The Bertz CT molecular complexity index is 1130. The molecule has 1 heterocycles. The quantitative estimate of drug-likeness (QED) is 0.563. The molecule has 3 atom stereocenters. The molecule has 1 saturated carbocycles. The summed E-state index contributed by atoms with van der Waals surface area (Å²) >= 11 is 0. The number of benzene rings is 2. The van der Waals surface area contributed by atoms with Crippen molar-refractivity contribution < 1.29 is 21.6 Å². The van der Waals surface area contributed by atoms with Crippen LogP contribution in [0.4, 0.5) is 13.2 Å². The van der Waals surface area contributed by atoms with Crippen molar-refractivity contribution in [2.75, 3.05) is 13.1 Å². The molecule has 1 aliphatic carbocycles. The molecular formula is C26H33F3N2O2S. The Hall–Kier alpha value is -1.90. The van der Waals surface area contributed by atoms with Gasteiger partial charge < -0.3 is 0 Å². The maximum Gasteiger partial charge on any atom is 0.416 e. The SMILES string of the molecule is CCc1ccccc1C1(C)CCN(CC2CC2)C(C)[C@H]1NS(=O)(=O)c1cccc(C(F)(F)F)c1. The Kier molecular flexibility index (Phi) is 6.88.